The highest BCUT2D eigenvalue weighted by Crippen LogP contribution is 2.41. The third-order valence-corrected chi connectivity index (χ3v) is 5.64. The summed E-state index contributed by atoms with van der Waals surface area (Å²) in [6.45, 7) is 7.16. The molecule has 3 fully saturated rings. The second-order valence-corrected chi connectivity index (χ2v) is 8.08. The number of hydrogen-bond donors (Lipinski definition) is 1. The maximum absolute atomic E-state index is 10.7. The third kappa shape index (κ3) is 3.76. The van der Waals surface area contributed by atoms with Crippen molar-refractivity contribution in [3.8, 4) is 0 Å². The highest BCUT2D eigenvalue weighted by Gasteiger charge is 2.56. The monoisotopic (exact) mass is 347 g/mol. The smallest absolute Gasteiger partial charge is 0.163 e. The molecule has 4 rings (SSSR count). The molecule has 0 aliphatic carbocycles. The first-order chi connectivity index (χ1) is 12.0. The molecule has 3 saturated heterocycles. The standard InChI is InChI=1S/C20H29NO4/c1-20(2)24-17-12-21-11-15(10-16(22)18(21)19(17)25-20)8-9-23-13-14-6-4-3-5-7-14/h3-7,15-19,22H,8-13H2,1-2H3/t15-,16+,17?,18+,19+/m0/s1. The molecule has 0 saturated carbocycles. The summed E-state index contributed by atoms with van der Waals surface area (Å²) in [6, 6.07) is 10.3. The van der Waals surface area contributed by atoms with Gasteiger partial charge in [-0.2, -0.15) is 0 Å². The number of aliphatic hydroxyl groups is 1. The first kappa shape index (κ1) is 17.4. The summed E-state index contributed by atoms with van der Waals surface area (Å²) in [6.07, 6.45) is 1.54. The lowest BCUT2D eigenvalue weighted by atomic mass is 9.88. The van der Waals surface area contributed by atoms with Crippen LogP contribution in [0.25, 0.3) is 0 Å². The molecular weight excluding hydrogens is 318 g/mol. The lowest BCUT2D eigenvalue weighted by Crippen LogP contribution is -2.53. The van der Waals surface area contributed by atoms with Crippen LogP contribution < -0.4 is 0 Å². The Hall–Kier alpha value is -0.980. The van der Waals surface area contributed by atoms with Crippen molar-refractivity contribution in [1.82, 2.24) is 4.90 Å². The Balaban J connectivity index is 1.25. The van der Waals surface area contributed by atoms with E-state index in [-0.39, 0.29) is 24.4 Å². The van der Waals surface area contributed by atoms with Gasteiger partial charge in [-0.1, -0.05) is 30.3 Å². The lowest BCUT2D eigenvalue weighted by Gasteiger charge is -2.40. The van der Waals surface area contributed by atoms with E-state index in [1.807, 2.05) is 32.0 Å². The molecule has 138 valence electrons. The van der Waals surface area contributed by atoms with Crippen LogP contribution in [0.15, 0.2) is 30.3 Å². The molecule has 3 heterocycles. The van der Waals surface area contributed by atoms with Gasteiger partial charge in [-0.05, 0) is 38.2 Å². The van der Waals surface area contributed by atoms with Gasteiger partial charge in [0.05, 0.1) is 18.8 Å². The molecule has 1 aromatic rings. The average Bonchev–Trinajstić information content (AvgIpc) is 3.03. The molecule has 1 aromatic carbocycles. The van der Waals surface area contributed by atoms with E-state index in [4.69, 9.17) is 14.2 Å². The molecule has 25 heavy (non-hydrogen) atoms. The minimum Gasteiger partial charge on any atom is -0.391 e. The van der Waals surface area contributed by atoms with E-state index in [9.17, 15) is 5.11 Å². The Morgan fingerprint density at radius 2 is 2.00 bits per heavy atom. The van der Waals surface area contributed by atoms with Gasteiger partial charge >= 0.3 is 0 Å². The van der Waals surface area contributed by atoms with Crippen molar-refractivity contribution in [3.05, 3.63) is 35.9 Å². The predicted octanol–water partition coefficient (Wildman–Crippen LogP) is 2.18. The summed E-state index contributed by atoms with van der Waals surface area (Å²) < 4.78 is 17.9. The highest BCUT2D eigenvalue weighted by atomic mass is 16.8. The van der Waals surface area contributed by atoms with Gasteiger partial charge in [-0.25, -0.2) is 0 Å². The van der Waals surface area contributed by atoms with Crippen LogP contribution in [0.1, 0.15) is 32.3 Å². The van der Waals surface area contributed by atoms with Crippen molar-refractivity contribution in [2.24, 2.45) is 5.92 Å². The SMILES string of the molecule is CC1(C)OC2CN3C[C@@H](CCOCc4ccccc4)C[C@@H](O)[C@@H]3[C@@H]2O1. The Kier molecular flexibility index (Phi) is 4.86. The van der Waals surface area contributed by atoms with Gasteiger partial charge in [0, 0.05) is 19.7 Å². The fourth-order valence-electron chi connectivity index (χ4n) is 4.62. The van der Waals surface area contributed by atoms with E-state index in [0.29, 0.717) is 12.5 Å². The minimum absolute atomic E-state index is 0.000260. The minimum atomic E-state index is -0.525. The zero-order valence-electron chi connectivity index (χ0n) is 15.1. The molecule has 0 aromatic heterocycles. The number of piperidine rings is 1. The molecule has 5 heteroatoms. The van der Waals surface area contributed by atoms with E-state index in [0.717, 1.165) is 32.5 Å². The lowest BCUT2D eigenvalue weighted by molar-refractivity contribution is -0.172. The molecule has 5 atom stereocenters. The van der Waals surface area contributed by atoms with Crippen LogP contribution in [-0.4, -0.2) is 59.8 Å². The maximum Gasteiger partial charge on any atom is 0.163 e. The quantitative estimate of drug-likeness (QED) is 0.828. The van der Waals surface area contributed by atoms with Crippen LogP contribution in [0.2, 0.25) is 0 Å². The molecule has 0 amide bonds. The Bertz CT molecular complexity index is 578. The topological polar surface area (TPSA) is 51.2 Å². The zero-order chi connectivity index (χ0) is 17.4. The molecule has 3 aliphatic heterocycles. The predicted molar refractivity (Wildman–Crippen MR) is 94.0 cm³/mol. The Morgan fingerprint density at radius 3 is 2.80 bits per heavy atom. The van der Waals surface area contributed by atoms with Gasteiger partial charge in [0.15, 0.2) is 5.79 Å². The van der Waals surface area contributed by atoms with Gasteiger partial charge in [-0.3, -0.25) is 4.90 Å². The molecule has 0 spiro atoms. The van der Waals surface area contributed by atoms with Crippen molar-refractivity contribution in [2.75, 3.05) is 19.7 Å². The second-order valence-electron chi connectivity index (χ2n) is 8.08. The molecule has 1 unspecified atom stereocenters. The highest BCUT2D eigenvalue weighted by molar-refractivity contribution is 5.13. The number of ether oxygens (including phenoxy) is 3. The number of rotatable bonds is 5. The largest absolute Gasteiger partial charge is 0.391 e. The van der Waals surface area contributed by atoms with Gasteiger partial charge in [0.1, 0.15) is 12.2 Å². The number of nitrogens with zero attached hydrogens (tertiary/aromatic N) is 1. The number of aliphatic hydroxyl groups excluding tert-OH is 1. The van der Waals surface area contributed by atoms with Gasteiger partial charge in [0.2, 0.25) is 0 Å². The molecular formula is C20H29NO4. The normalized spacial score (nSPS) is 37.0. The van der Waals surface area contributed by atoms with Crippen LogP contribution >= 0.6 is 0 Å². The van der Waals surface area contributed by atoms with Crippen molar-refractivity contribution >= 4 is 0 Å². The molecule has 0 radical (unpaired) electrons. The average molecular weight is 347 g/mol. The third-order valence-electron chi connectivity index (χ3n) is 5.64. The Morgan fingerprint density at radius 1 is 1.20 bits per heavy atom. The zero-order valence-corrected chi connectivity index (χ0v) is 15.1. The van der Waals surface area contributed by atoms with E-state index in [1.165, 1.54) is 5.56 Å². The van der Waals surface area contributed by atoms with Crippen LogP contribution in [-0.2, 0) is 20.8 Å². The first-order valence-corrected chi connectivity index (χ1v) is 9.41. The second kappa shape index (κ2) is 6.97. The van der Waals surface area contributed by atoms with E-state index in [2.05, 4.69) is 17.0 Å². The fraction of sp³-hybridized carbons (Fsp3) is 0.700. The summed E-state index contributed by atoms with van der Waals surface area (Å²) in [7, 11) is 0. The summed E-state index contributed by atoms with van der Waals surface area (Å²) in [5.41, 5.74) is 1.20. The van der Waals surface area contributed by atoms with Gasteiger partial charge < -0.3 is 19.3 Å². The van der Waals surface area contributed by atoms with Crippen molar-refractivity contribution < 1.29 is 19.3 Å². The number of hydrogen-bond acceptors (Lipinski definition) is 5. The van der Waals surface area contributed by atoms with Crippen LogP contribution in [0.4, 0.5) is 0 Å². The van der Waals surface area contributed by atoms with E-state index < -0.39 is 5.79 Å². The van der Waals surface area contributed by atoms with E-state index in [1.54, 1.807) is 0 Å². The Labute approximate surface area is 149 Å². The van der Waals surface area contributed by atoms with Crippen LogP contribution in [0, 0.1) is 5.92 Å². The summed E-state index contributed by atoms with van der Waals surface area (Å²) >= 11 is 0. The van der Waals surface area contributed by atoms with Crippen LogP contribution in [0.5, 0.6) is 0 Å². The first-order valence-electron chi connectivity index (χ1n) is 9.41. The fourth-order valence-corrected chi connectivity index (χ4v) is 4.62. The van der Waals surface area contributed by atoms with E-state index >= 15 is 0 Å². The van der Waals surface area contributed by atoms with Crippen molar-refractivity contribution in [3.63, 3.8) is 0 Å². The number of fused-ring (bicyclic) bond motifs is 3. The number of benzene rings is 1. The van der Waals surface area contributed by atoms with Crippen LogP contribution in [0.3, 0.4) is 0 Å². The summed E-state index contributed by atoms with van der Waals surface area (Å²) in [4.78, 5) is 2.36. The van der Waals surface area contributed by atoms with Gasteiger partial charge in [-0.15, -0.1) is 0 Å². The summed E-state index contributed by atoms with van der Waals surface area (Å²) in [5.74, 6) is -0.0580. The molecule has 5 nitrogen and oxygen atoms in total. The van der Waals surface area contributed by atoms with Crippen molar-refractivity contribution in [1.29, 1.82) is 0 Å². The molecule has 0 bridgehead atoms. The molecule has 1 N–H and O–H groups in total. The summed E-state index contributed by atoms with van der Waals surface area (Å²) in [5, 5.41) is 10.7. The van der Waals surface area contributed by atoms with Gasteiger partial charge in [0.25, 0.3) is 0 Å². The molecule has 3 aliphatic rings. The maximum atomic E-state index is 10.7. The van der Waals surface area contributed by atoms with Crippen molar-refractivity contribution in [2.45, 2.75) is 63.4 Å².